The van der Waals surface area contributed by atoms with E-state index in [4.69, 9.17) is 37.0 Å². The maximum absolute atomic E-state index is 13.2. The van der Waals surface area contributed by atoms with Crippen LogP contribution < -0.4 is 0 Å². The Morgan fingerprint density at radius 3 is 0.710 bits per heavy atom. The highest BCUT2D eigenvalue weighted by Gasteiger charge is 2.31. The van der Waals surface area contributed by atoms with Gasteiger partial charge in [0.05, 0.1) is 26.4 Å². The van der Waals surface area contributed by atoms with Crippen LogP contribution in [0.25, 0.3) is 0 Å². The number of hydrogen-bond acceptors (Lipinski definition) is 15. The van der Waals surface area contributed by atoms with Crippen LogP contribution in [0.2, 0.25) is 0 Å². The van der Waals surface area contributed by atoms with Gasteiger partial charge in [-0.15, -0.1) is 0 Å². The highest BCUT2D eigenvalue weighted by molar-refractivity contribution is 7.47. The van der Waals surface area contributed by atoms with Crippen molar-refractivity contribution in [2.24, 2.45) is 11.8 Å². The van der Waals surface area contributed by atoms with Crippen LogP contribution in [0, 0.1) is 11.8 Å². The van der Waals surface area contributed by atoms with Crippen LogP contribution in [-0.2, 0) is 65.4 Å². The number of rotatable bonds is 87. The lowest BCUT2D eigenvalue weighted by Gasteiger charge is -2.21. The molecular formula is C88H172O17P2. The van der Waals surface area contributed by atoms with E-state index in [1.165, 1.54) is 289 Å². The highest BCUT2D eigenvalue weighted by Crippen LogP contribution is 2.45. The molecule has 0 aromatic rings. The number of ether oxygens (including phenoxy) is 4. The third-order valence-corrected chi connectivity index (χ3v) is 23.0. The van der Waals surface area contributed by atoms with Gasteiger partial charge in [-0.25, -0.2) is 9.13 Å². The summed E-state index contributed by atoms with van der Waals surface area (Å²) in [6, 6.07) is 0. The summed E-state index contributed by atoms with van der Waals surface area (Å²) in [6.45, 7) is 9.72. The molecule has 0 heterocycles. The first-order valence-corrected chi connectivity index (χ1v) is 48.5. The van der Waals surface area contributed by atoms with Crippen LogP contribution in [0.15, 0.2) is 0 Å². The largest absolute Gasteiger partial charge is 0.472 e. The zero-order valence-corrected chi connectivity index (χ0v) is 72.2. The molecule has 0 aromatic carbocycles. The molecule has 0 amide bonds. The van der Waals surface area contributed by atoms with Crippen LogP contribution in [0.4, 0.5) is 0 Å². The third-order valence-electron chi connectivity index (χ3n) is 21.1. The van der Waals surface area contributed by atoms with Gasteiger partial charge in [-0.2, -0.15) is 0 Å². The molecule has 107 heavy (non-hydrogen) atoms. The van der Waals surface area contributed by atoms with E-state index < -0.39 is 97.5 Å². The van der Waals surface area contributed by atoms with Crippen molar-refractivity contribution in [2.75, 3.05) is 39.6 Å². The molecule has 0 bridgehead atoms. The molecule has 0 rings (SSSR count). The summed E-state index contributed by atoms with van der Waals surface area (Å²) >= 11 is 0. The zero-order chi connectivity index (χ0) is 78.5. The predicted molar refractivity (Wildman–Crippen MR) is 442 cm³/mol. The molecule has 3 unspecified atom stereocenters. The molecular weight excluding hydrogens is 1390 g/mol. The van der Waals surface area contributed by atoms with E-state index in [2.05, 4.69) is 41.5 Å². The van der Waals surface area contributed by atoms with E-state index >= 15 is 0 Å². The minimum Gasteiger partial charge on any atom is -0.462 e. The van der Waals surface area contributed by atoms with Crippen molar-refractivity contribution in [3.05, 3.63) is 0 Å². The fraction of sp³-hybridized carbons (Fsp3) is 0.955. The van der Waals surface area contributed by atoms with E-state index in [0.29, 0.717) is 25.7 Å². The average Bonchev–Trinajstić information content (AvgIpc) is 0.904. The molecule has 0 aliphatic rings. The maximum atomic E-state index is 13.2. The Morgan fingerprint density at radius 1 is 0.271 bits per heavy atom. The number of hydrogen-bond donors (Lipinski definition) is 3. The van der Waals surface area contributed by atoms with E-state index in [1.54, 1.807) is 0 Å². The van der Waals surface area contributed by atoms with E-state index in [-0.39, 0.29) is 25.7 Å². The van der Waals surface area contributed by atoms with Crippen LogP contribution in [0.1, 0.15) is 472 Å². The first-order valence-electron chi connectivity index (χ1n) is 45.5. The van der Waals surface area contributed by atoms with Crippen molar-refractivity contribution in [1.82, 2.24) is 0 Å². The van der Waals surface area contributed by atoms with Crippen molar-refractivity contribution in [3.63, 3.8) is 0 Å². The Bertz CT molecular complexity index is 2050. The van der Waals surface area contributed by atoms with E-state index in [9.17, 15) is 43.2 Å². The van der Waals surface area contributed by atoms with Gasteiger partial charge < -0.3 is 33.8 Å². The number of phosphoric acid groups is 2. The van der Waals surface area contributed by atoms with Gasteiger partial charge in [0.1, 0.15) is 19.3 Å². The predicted octanol–water partition coefficient (Wildman–Crippen LogP) is 27.0. The van der Waals surface area contributed by atoms with Crippen molar-refractivity contribution in [2.45, 2.75) is 490 Å². The Morgan fingerprint density at radius 2 is 0.477 bits per heavy atom. The van der Waals surface area contributed by atoms with Gasteiger partial charge in [-0.3, -0.25) is 37.3 Å². The first kappa shape index (κ1) is 105. The molecule has 0 aliphatic heterocycles. The fourth-order valence-corrected chi connectivity index (χ4v) is 15.3. The van der Waals surface area contributed by atoms with Crippen LogP contribution >= 0.6 is 15.6 Å². The van der Waals surface area contributed by atoms with Crippen LogP contribution in [-0.4, -0.2) is 96.7 Å². The second-order valence-electron chi connectivity index (χ2n) is 32.4. The van der Waals surface area contributed by atoms with E-state index in [1.807, 2.05) is 0 Å². The molecule has 0 saturated carbocycles. The Labute approximate surface area is 658 Å². The summed E-state index contributed by atoms with van der Waals surface area (Å²) < 4.78 is 68.9. The standard InChI is InChI=1S/C88H172O17P2/c1-7-10-12-14-16-18-20-22-23-24-25-26-27-31-34-37-41-47-53-59-65-71-86(91)99-76-83(104-87(92)72-66-60-54-48-42-38-35-32-29-28-30-33-36-39-45-51-57-63-69-81(6)9-3)78-102-106(94,95)100-74-82(89)75-101-107(96,97)103-79-84(105-88(93)73-67-61-55-49-43-44-50-56-62-68-80(4)5)77-98-85(90)70-64-58-52-46-40-21-19-17-15-13-11-8-2/h80-84,89H,7-79H2,1-6H3,(H,94,95)(H,96,97)/t81?,82-,83-,84-/m1/s1. The zero-order valence-electron chi connectivity index (χ0n) is 70.5. The topological polar surface area (TPSA) is 237 Å². The van der Waals surface area contributed by atoms with Gasteiger partial charge in [0.25, 0.3) is 0 Å². The van der Waals surface area contributed by atoms with Crippen molar-refractivity contribution in [1.29, 1.82) is 0 Å². The lowest BCUT2D eigenvalue weighted by atomic mass is 9.99. The molecule has 0 aliphatic carbocycles. The summed E-state index contributed by atoms with van der Waals surface area (Å²) in [6.07, 6.45) is 72.3. The molecule has 0 saturated heterocycles. The second kappa shape index (κ2) is 79.3. The van der Waals surface area contributed by atoms with E-state index in [0.717, 1.165) is 102 Å². The summed E-state index contributed by atoms with van der Waals surface area (Å²) in [7, 11) is -9.93. The Hall–Kier alpha value is -1.94. The minimum atomic E-state index is -4.97. The quantitative estimate of drug-likeness (QED) is 0.0222. The van der Waals surface area contributed by atoms with Gasteiger partial charge >= 0.3 is 39.5 Å². The molecule has 19 heteroatoms. The molecule has 6 atom stereocenters. The minimum absolute atomic E-state index is 0.106. The summed E-state index contributed by atoms with van der Waals surface area (Å²) in [5, 5.41) is 10.7. The second-order valence-corrected chi connectivity index (χ2v) is 35.3. The van der Waals surface area contributed by atoms with Crippen molar-refractivity contribution >= 4 is 39.5 Å². The van der Waals surface area contributed by atoms with Gasteiger partial charge in [0, 0.05) is 25.7 Å². The maximum Gasteiger partial charge on any atom is 0.472 e. The van der Waals surface area contributed by atoms with Gasteiger partial charge in [-0.1, -0.05) is 420 Å². The number of unbranched alkanes of at least 4 members (excludes halogenated alkanes) is 56. The molecule has 636 valence electrons. The van der Waals surface area contributed by atoms with Crippen LogP contribution in [0.5, 0.6) is 0 Å². The van der Waals surface area contributed by atoms with Gasteiger partial charge in [0.2, 0.25) is 0 Å². The molecule has 0 radical (unpaired) electrons. The summed E-state index contributed by atoms with van der Waals surface area (Å²) in [5.41, 5.74) is 0. The van der Waals surface area contributed by atoms with Crippen LogP contribution in [0.3, 0.4) is 0 Å². The van der Waals surface area contributed by atoms with Crippen molar-refractivity contribution in [3.8, 4) is 0 Å². The summed E-state index contributed by atoms with van der Waals surface area (Å²) in [5.74, 6) is -0.494. The number of phosphoric ester groups is 2. The molecule has 0 aromatic heterocycles. The first-order chi connectivity index (χ1) is 51.9. The summed E-state index contributed by atoms with van der Waals surface area (Å²) in [4.78, 5) is 73.3. The van der Waals surface area contributed by atoms with Gasteiger partial charge in [-0.05, 0) is 37.5 Å². The molecule has 0 spiro atoms. The number of aliphatic hydroxyl groups excluding tert-OH is 1. The fourth-order valence-electron chi connectivity index (χ4n) is 13.7. The third kappa shape index (κ3) is 80.5. The smallest absolute Gasteiger partial charge is 0.462 e. The monoisotopic (exact) mass is 1560 g/mol. The average molecular weight is 1560 g/mol. The number of carbonyl (C=O) groups is 4. The Balaban J connectivity index is 5.21. The molecule has 17 nitrogen and oxygen atoms in total. The van der Waals surface area contributed by atoms with Gasteiger partial charge in [0.15, 0.2) is 12.2 Å². The SMILES string of the molecule is CCCCCCCCCCCCCCCCCCCCCCCC(=O)OC[C@H](COP(=O)(O)OC[C@@H](O)COP(=O)(O)OC[C@@H](COC(=O)CCCCCCCCCCCCCC)OC(=O)CCCCCCCCCCCC(C)C)OC(=O)CCCCCCCCCCCCCCCCCCCCC(C)CC. The molecule has 3 N–H and O–H groups in total. The molecule has 0 fully saturated rings. The highest BCUT2D eigenvalue weighted by atomic mass is 31.2. The number of carbonyl (C=O) groups excluding carboxylic acids is 4. The lowest BCUT2D eigenvalue weighted by Crippen LogP contribution is -2.30. The Kier molecular flexibility index (Phi) is 77.9. The lowest BCUT2D eigenvalue weighted by molar-refractivity contribution is -0.161. The number of esters is 4. The number of aliphatic hydroxyl groups is 1. The normalized spacial score (nSPS) is 14.0. The van der Waals surface area contributed by atoms with Crippen molar-refractivity contribution < 1.29 is 80.2 Å².